The normalized spacial score (nSPS) is 11.0. The van der Waals surface area contributed by atoms with E-state index in [1.165, 1.54) is 6.92 Å². The van der Waals surface area contributed by atoms with Crippen LogP contribution in [0.25, 0.3) is 0 Å². The molecule has 84 valence electrons. The van der Waals surface area contributed by atoms with E-state index in [4.69, 9.17) is 0 Å². The quantitative estimate of drug-likeness (QED) is 0.815. The molecule has 0 bridgehead atoms. The van der Waals surface area contributed by atoms with Gasteiger partial charge in [-0.05, 0) is 6.92 Å². The Labute approximate surface area is 88.9 Å². The van der Waals surface area contributed by atoms with Crippen molar-refractivity contribution < 1.29 is 9.18 Å². The molecular weight excluding hydrogens is 197 g/mol. The lowest BCUT2D eigenvalue weighted by Crippen LogP contribution is -2.25. The molecule has 15 heavy (non-hydrogen) atoms. The Morgan fingerprint density at radius 2 is 1.87 bits per heavy atom. The Morgan fingerprint density at radius 3 is 2.27 bits per heavy atom. The molecule has 0 radical (unpaired) electrons. The van der Waals surface area contributed by atoms with Gasteiger partial charge in [0.05, 0.1) is 18.4 Å². The van der Waals surface area contributed by atoms with Crippen LogP contribution < -0.4 is 5.32 Å². The molecule has 0 saturated carbocycles. The van der Waals surface area contributed by atoms with E-state index in [-0.39, 0.29) is 11.9 Å². The van der Waals surface area contributed by atoms with E-state index in [0.29, 0.717) is 5.82 Å². The maximum absolute atomic E-state index is 12.4. The van der Waals surface area contributed by atoms with Gasteiger partial charge in [-0.25, -0.2) is 14.4 Å². The first-order chi connectivity index (χ1) is 7.09. The summed E-state index contributed by atoms with van der Waals surface area (Å²) in [6.07, 6.45) is 2.14. The van der Waals surface area contributed by atoms with Gasteiger partial charge in [0, 0.05) is 6.92 Å². The van der Waals surface area contributed by atoms with E-state index in [2.05, 4.69) is 15.3 Å². The van der Waals surface area contributed by atoms with Gasteiger partial charge in [0.15, 0.2) is 5.82 Å². The summed E-state index contributed by atoms with van der Waals surface area (Å²) in [6.45, 7) is 7.13. The van der Waals surface area contributed by atoms with E-state index < -0.39 is 5.82 Å². The van der Waals surface area contributed by atoms with Crippen molar-refractivity contribution in [2.75, 3.05) is 0 Å². The molecule has 1 heterocycles. The van der Waals surface area contributed by atoms with Gasteiger partial charge < -0.3 is 5.32 Å². The summed E-state index contributed by atoms with van der Waals surface area (Å²) in [4.78, 5) is 18.1. The van der Waals surface area contributed by atoms with Crippen molar-refractivity contribution in [2.24, 2.45) is 0 Å². The van der Waals surface area contributed by atoms with Gasteiger partial charge in [-0.3, -0.25) is 4.79 Å². The number of carbonyl (C=O) groups is 1. The molecule has 1 aromatic rings. The lowest BCUT2D eigenvalue weighted by molar-refractivity contribution is -0.119. The highest BCUT2D eigenvalue weighted by Gasteiger charge is 2.08. The van der Waals surface area contributed by atoms with Gasteiger partial charge in [-0.2, -0.15) is 0 Å². The van der Waals surface area contributed by atoms with Crippen LogP contribution in [0.3, 0.4) is 0 Å². The van der Waals surface area contributed by atoms with Gasteiger partial charge in [0.25, 0.3) is 0 Å². The van der Waals surface area contributed by atoms with Crippen LogP contribution in [-0.2, 0) is 4.79 Å². The monoisotopic (exact) mass is 213 g/mol. The van der Waals surface area contributed by atoms with Crippen molar-refractivity contribution in [2.45, 2.75) is 33.7 Å². The van der Waals surface area contributed by atoms with Crippen molar-refractivity contribution >= 4 is 5.91 Å². The molecule has 0 aliphatic rings. The third-order valence-corrected chi connectivity index (χ3v) is 1.45. The van der Waals surface area contributed by atoms with Crippen LogP contribution in [-0.4, -0.2) is 15.9 Å². The average molecular weight is 213 g/mol. The van der Waals surface area contributed by atoms with Gasteiger partial charge in [0.1, 0.15) is 5.82 Å². The molecule has 5 heteroatoms. The third kappa shape index (κ3) is 5.05. The van der Waals surface area contributed by atoms with Crippen molar-refractivity contribution in [3.63, 3.8) is 0 Å². The molecule has 0 aliphatic heterocycles. The number of nitrogens with one attached hydrogen (secondary N) is 1. The first-order valence-corrected chi connectivity index (χ1v) is 4.84. The molecule has 1 aromatic heterocycles. The minimum absolute atomic E-state index is 0.166. The number of hydrogen-bond donors (Lipinski definition) is 1. The first-order valence-electron chi connectivity index (χ1n) is 4.84. The van der Waals surface area contributed by atoms with Crippen LogP contribution in [0.15, 0.2) is 12.4 Å². The number of amides is 1. The highest BCUT2D eigenvalue weighted by molar-refractivity contribution is 5.73. The summed E-state index contributed by atoms with van der Waals surface area (Å²) in [6, 6.07) is -0.293. The Kier molecular flexibility index (Phi) is 6.17. The maximum atomic E-state index is 12.4. The Balaban J connectivity index is 0.000000921. The highest BCUT2D eigenvalue weighted by Crippen LogP contribution is 2.04. The molecule has 0 spiro atoms. The second-order valence-electron chi connectivity index (χ2n) is 2.68. The topological polar surface area (TPSA) is 54.9 Å². The lowest BCUT2D eigenvalue weighted by atomic mass is 10.3. The minimum Gasteiger partial charge on any atom is -0.347 e. The summed E-state index contributed by atoms with van der Waals surface area (Å²) < 4.78 is 12.4. The number of halogens is 1. The molecule has 0 saturated heterocycles. The van der Waals surface area contributed by atoms with E-state index in [1.807, 2.05) is 13.8 Å². The van der Waals surface area contributed by atoms with E-state index in [0.717, 1.165) is 12.4 Å². The zero-order valence-electron chi connectivity index (χ0n) is 9.41. The molecule has 1 rings (SSSR count). The standard InChI is InChI=1S/C8H10FN3O.C2H6/c1-5(12-6(2)13)8-10-3-7(9)4-11-8;1-2/h3-5H,1-2H3,(H,12,13);1-2H3. The molecule has 1 N–H and O–H groups in total. The summed E-state index contributed by atoms with van der Waals surface area (Å²) >= 11 is 0. The predicted molar refractivity (Wildman–Crippen MR) is 55.6 cm³/mol. The van der Waals surface area contributed by atoms with Crippen LogP contribution in [0.1, 0.15) is 39.6 Å². The summed E-state index contributed by atoms with van der Waals surface area (Å²) in [7, 11) is 0. The van der Waals surface area contributed by atoms with Gasteiger partial charge >= 0.3 is 0 Å². The number of nitrogens with zero attached hydrogens (tertiary/aromatic N) is 2. The fourth-order valence-electron chi connectivity index (χ4n) is 0.915. The van der Waals surface area contributed by atoms with Crippen molar-refractivity contribution in [3.8, 4) is 0 Å². The molecule has 0 fully saturated rings. The Morgan fingerprint density at radius 1 is 1.40 bits per heavy atom. The van der Waals surface area contributed by atoms with Crippen LogP contribution >= 0.6 is 0 Å². The van der Waals surface area contributed by atoms with Gasteiger partial charge in [-0.1, -0.05) is 13.8 Å². The smallest absolute Gasteiger partial charge is 0.217 e. The lowest BCUT2D eigenvalue weighted by Gasteiger charge is -2.09. The van der Waals surface area contributed by atoms with Crippen LogP contribution in [0.4, 0.5) is 4.39 Å². The molecular formula is C10H16FN3O. The van der Waals surface area contributed by atoms with Crippen LogP contribution in [0, 0.1) is 5.82 Å². The van der Waals surface area contributed by atoms with E-state index in [1.54, 1.807) is 6.92 Å². The summed E-state index contributed by atoms with van der Waals surface area (Å²) in [5, 5.41) is 2.59. The molecule has 1 unspecified atom stereocenters. The SMILES string of the molecule is CC.CC(=O)NC(C)c1ncc(F)cn1. The van der Waals surface area contributed by atoms with E-state index >= 15 is 0 Å². The molecule has 1 atom stereocenters. The highest BCUT2D eigenvalue weighted by atomic mass is 19.1. The number of hydrogen-bond acceptors (Lipinski definition) is 3. The molecule has 0 aliphatic carbocycles. The first kappa shape index (κ1) is 13.5. The largest absolute Gasteiger partial charge is 0.347 e. The fraction of sp³-hybridized carbons (Fsp3) is 0.500. The number of aromatic nitrogens is 2. The molecule has 0 aromatic carbocycles. The van der Waals surface area contributed by atoms with E-state index in [9.17, 15) is 9.18 Å². The van der Waals surface area contributed by atoms with Crippen LogP contribution in [0.2, 0.25) is 0 Å². The van der Waals surface area contributed by atoms with Crippen LogP contribution in [0.5, 0.6) is 0 Å². The molecule has 1 amide bonds. The van der Waals surface area contributed by atoms with Crippen molar-refractivity contribution in [1.82, 2.24) is 15.3 Å². The predicted octanol–water partition coefficient (Wildman–Crippen LogP) is 1.84. The second kappa shape index (κ2) is 6.86. The van der Waals surface area contributed by atoms with Gasteiger partial charge in [-0.15, -0.1) is 0 Å². The van der Waals surface area contributed by atoms with Crippen molar-refractivity contribution in [1.29, 1.82) is 0 Å². The third-order valence-electron chi connectivity index (χ3n) is 1.45. The number of carbonyl (C=O) groups excluding carboxylic acids is 1. The fourth-order valence-corrected chi connectivity index (χ4v) is 0.915. The minimum atomic E-state index is -0.487. The Bertz CT molecular complexity index is 300. The Hall–Kier alpha value is -1.52. The molecule has 4 nitrogen and oxygen atoms in total. The second-order valence-corrected chi connectivity index (χ2v) is 2.68. The zero-order chi connectivity index (χ0) is 11.8. The summed E-state index contributed by atoms with van der Waals surface area (Å²) in [5.74, 6) is -0.254. The van der Waals surface area contributed by atoms with Gasteiger partial charge in [0.2, 0.25) is 5.91 Å². The van der Waals surface area contributed by atoms with Crippen molar-refractivity contribution in [3.05, 3.63) is 24.0 Å². The zero-order valence-corrected chi connectivity index (χ0v) is 9.41. The average Bonchev–Trinajstić information content (AvgIpc) is 2.20. The maximum Gasteiger partial charge on any atom is 0.217 e. The number of rotatable bonds is 2. The summed E-state index contributed by atoms with van der Waals surface area (Å²) in [5.41, 5.74) is 0.